The Bertz CT molecular complexity index is 386. The molecule has 0 aliphatic carbocycles. The Labute approximate surface area is 101 Å². The van der Waals surface area contributed by atoms with Crippen molar-refractivity contribution in [2.75, 3.05) is 0 Å². The fourth-order valence-corrected chi connectivity index (χ4v) is 1.11. The van der Waals surface area contributed by atoms with E-state index in [2.05, 4.69) is 36.6 Å². The molecular weight excluding hydrogens is 244 g/mol. The molecule has 0 heterocycles. The normalized spacial score (nSPS) is 12.5. The molecular formula is C10H16N2O4S-2. The van der Waals surface area contributed by atoms with Gasteiger partial charge >= 0.3 is 0 Å². The molecule has 0 aliphatic heterocycles. The first-order valence-electron chi connectivity index (χ1n) is 4.99. The molecule has 1 rings (SSSR count). The van der Waals surface area contributed by atoms with Gasteiger partial charge in [0, 0.05) is 16.4 Å². The van der Waals surface area contributed by atoms with E-state index < -0.39 is 10.4 Å². The smallest absolute Gasteiger partial charge is 0.0311 e. The van der Waals surface area contributed by atoms with Gasteiger partial charge in [-0.3, -0.25) is 19.7 Å². The highest BCUT2D eigenvalue weighted by atomic mass is 32.3. The van der Waals surface area contributed by atoms with Gasteiger partial charge in [-0.05, 0) is 25.3 Å². The number of hydrogen-bond donors (Lipinski definition) is 2. The van der Waals surface area contributed by atoms with E-state index in [4.69, 9.17) is 23.4 Å². The van der Waals surface area contributed by atoms with Gasteiger partial charge in [-0.2, -0.15) is 0 Å². The zero-order valence-electron chi connectivity index (χ0n) is 9.50. The minimum absolute atomic E-state index is 0.394. The summed E-state index contributed by atoms with van der Waals surface area (Å²) in [6.45, 7) is 2.09. The molecule has 3 N–H and O–H groups in total. The van der Waals surface area contributed by atoms with Gasteiger partial charge in [0.2, 0.25) is 0 Å². The van der Waals surface area contributed by atoms with Crippen molar-refractivity contribution in [3.05, 3.63) is 35.9 Å². The second-order valence-corrected chi connectivity index (χ2v) is 4.32. The molecule has 0 fully saturated rings. The van der Waals surface area contributed by atoms with E-state index in [1.165, 1.54) is 5.56 Å². The summed E-state index contributed by atoms with van der Waals surface area (Å²) < 4.78 is 34.1. The van der Waals surface area contributed by atoms with Crippen molar-refractivity contribution < 1.29 is 17.5 Å². The first-order chi connectivity index (χ1) is 7.83. The molecule has 0 spiro atoms. The van der Waals surface area contributed by atoms with Crippen LogP contribution < -0.4 is 11.3 Å². The highest BCUT2D eigenvalue weighted by molar-refractivity contribution is 7.79. The number of hydrogen-bond acceptors (Lipinski definition) is 6. The summed E-state index contributed by atoms with van der Waals surface area (Å²) in [6, 6.07) is 10.8. The maximum Gasteiger partial charge on any atom is 0.0311 e. The minimum atomic E-state index is -5.17. The summed E-state index contributed by atoms with van der Waals surface area (Å²) >= 11 is 0. The summed E-state index contributed by atoms with van der Waals surface area (Å²) in [4.78, 5) is 0. The van der Waals surface area contributed by atoms with E-state index >= 15 is 0 Å². The van der Waals surface area contributed by atoms with Gasteiger partial charge in [-0.25, -0.2) is 0 Å². The van der Waals surface area contributed by atoms with Crippen molar-refractivity contribution in [3.8, 4) is 0 Å². The van der Waals surface area contributed by atoms with Crippen LogP contribution in [0.1, 0.15) is 18.9 Å². The molecule has 0 bridgehead atoms. The average Bonchev–Trinajstić information content (AvgIpc) is 2.25. The van der Waals surface area contributed by atoms with Gasteiger partial charge in [0.1, 0.15) is 0 Å². The summed E-state index contributed by atoms with van der Waals surface area (Å²) in [7, 11) is -5.17. The van der Waals surface area contributed by atoms with Crippen molar-refractivity contribution in [2.24, 2.45) is 5.84 Å². The molecule has 0 radical (unpaired) electrons. The molecule has 0 saturated heterocycles. The number of aryl methyl sites for hydroxylation is 1. The van der Waals surface area contributed by atoms with Crippen molar-refractivity contribution >= 4 is 10.4 Å². The summed E-state index contributed by atoms with van der Waals surface area (Å²) in [6.07, 6.45) is 2.17. The van der Waals surface area contributed by atoms with Crippen LogP contribution in [-0.2, 0) is 16.8 Å². The second kappa shape index (κ2) is 8.15. The zero-order valence-corrected chi connectivity index (χ0v) is 10.3. The maximum atomic E-state index is 8.52. The van der Waals surface area contributed by atoms with Crippen LogP contribution in [0.5, 0.6) is 0 Å². The maximum absolute atomic E-state index is 8.52. The SMILES string of the molecule is CC(CCc1ccccc1)NN.O=S(=O)([O-])[O-]. The average molecular weight is 260 g/mol. The van der Waals surface area contributed by atoms with Crippen LogP contribution in [0.25, 0.3) is 0 Å². The third-order valence-corrected chi connectivity index (χ3v) is 1.99. The Morgan fingerprint density at radius 2 is 1.76 bits per heavy atom. The van der Waals surface area contributed by atoms with E-state index in [1.807, 2.05) is 6.07 Å². The molecule has 0 amide bonds. The monoisotopic (exact) mass is 260 g/mol. The topological polar surface area (TPSA) is 118 Å². The zero-order chi connectivity index (χ0) is 13.3. The van der Waals surface area contributed by atoms with Gasteiger partial charge in [-0.15, -0.1) is 0 Å². The lowest BCUT2D eigenvalue weighted by Gasteiger charge is -2.08. The van der Waals surface area contributed by atoms with E-state index in [0.29, 0.717) is 6.04 Å². The highest BCUT2D eigenvalue weighted by Gasteiger charge is 1.98. The highest BCUT2D eigenvalue weighted by Crippen LogP contribution is 2.03. The van der Waals surface area contributed by atoms with Crippen LogP contribution in [-0.4, -0.2) is 23.6 Å². The van der Waals surface area contributed by atoms with E-state index in [0.717, 1.165) is 12.8 Å². The van der Waals surface area contributed by atoms with Crippen LogP contribution in [0.2, 0.25) is 0 Å². The van der Waals surface area contributed by atoms with Crippen LogP contribution in [0.15, 0.2) is 30.3 Å². The molecule has 98 valence electrons. The van der Waals surface area contributed by atoms with Crippen molar-refractivity contribution in [2.45, 2.75) is 25.8 Å². The van der Waals surface area contributed by atoms with Gasteiger partial charge in [0.25, 0.3) is 0 Å². The Morgan fingerprint density at radius 3 is 2.18 bits per heavy atom. The standard InChI is InChI=1S/C10H16N2.H2O4S/c1-9(12-11)7-8-10-5-3-2-4-6-10;1-5(2,3)4/h2-6,9,12H,7-8,11H2,1H3;(H2,1,2,3,4)/p-2. The lowest BCUT2D eigenvalue weighted by atomic mass is 10.1. The summed E-state index contributed by atoms with van der Waals surface area (Å²) in [5, 5.41) is 0. The third-order valence-electron chi connectivity index (χ3n) is 1.99. The van der Waals surface area contributed by atoms with E-state index in [9.17, 15) is 0 Å². The molecule has 1 aromatic carbocycles. The van der Waals surface area contributed by atoms with Crippen LogP contribution in [0, 0.1) is 0 Å². The largest absolute Gasteiger partial charge is 0.759 e. The Balaban J connectivity index is 0.000000437. The number of nitrogens with one attached hydrogen (secondary N) is 1. The third kappa shape index (κ3) is 12.9. The minimum Gasteiger partial charge on any atom is -0.759 e. The van der Waals surface area contributed by atoms with Crippen LogP contribution in [0.4, 0.5) is 0 Å². The van der Waals surface area contributed by atoms with Gasteiger partial charge in [-0.1, -0.05) is 30.3 Å². The molecule has 0 aromatic heterocycles. The van der Waals surface area contributed by atoms with Crippen molar-refractivity contribution in [1.82, 2.24) is 5.43 Å². The fraction of sp³-hybridized carbons (Fsp3) is 0.400. The van der Waals surface area contributed by atoms with Crippen molar-refractivity contribution in [3.63, 3.8) is 0 Å². The first kappa shape index (κ1) is 16.0. The van der Waals surface area contributed by atoms with Gasteiger partial charge < -0.3 is 9.11 Å². The molecule has 1 atom stereocenters. The van der Waals surface area contributed by atoms with E-state index in [1.54, 1.807) is 0 Å². The number of nitrogens with two attached hydrogens (primary N) is 1. The fourth-order valence-electron chi connectivity index (χ4n) is 1.11. The van der Waals surface area contributed by atoms with Gasteiger partial charge in [0.05, 0.1) is 0 Å². The van der Waals surface area contributed by atoms with Crippen LogP contribution in [0.3, 0.4) is 0 Å². The molecule has 0 aliphatic rings. The molecule has 6 nitrogen and oxygen atoms in total. The molecule has 7 heteroatoms. The van der Waals surface area contributed by atoms with E-state index in [-0.39, 0.29) is 0 Å². The quantitative estimate of drug-likeness (QED) is 0.344. The molecule has 1 aromatic rings. The summed E-state index contributed by atoms with van der Waals surface area (Å²) in [5.41, 5.74) is 4.11. The first-order valence-corrected chi connectivity index (χ1v) is 6.33. The van der Waals surface area contributed by atoms with Crippen LogP contribution >= 0.6 is 0 Å². The predicted molar refractivity (Wildman–Crippen MR) is 62.0 cm³/mol. The number of hydrazine groups is 1. The number of rotatable bonds is 4. The second-order valence-electron chi connectivity index (χ2n) is 3.50. The Hall–Kier alpha value is -0.990. The Kier molecular flexibility index (Phi) is 7.68. The lowest BCUT2D eigenvalue weighted by molar-refractivity contribution is 0.352. The molecule has 1 unspecified atom stereocenters. The molecule has 17 heavy (non-hydrogen) atoms. The summed E-state index contributed by atoms with van der Waals surface area (Å²) in [5.74, 6) is 5.29. The lowest BCUT2D eigenvalue weighted by Crippen LogP contribution is -2.32. The predicted octanol–water partition coefficient (Wildman–Crippen LogP) is 0.133. The number of benzene rings is 1. The Morgan fingerprint density at radius 1 is 1.29 bits per heavy atom. The van der Waals surface area contributed by atoms with Crippen molar-refractivity contribution in [1.29, 1.82) is 0 Å². The van der Waals surface area contributed by atoms with Gasteiger partial charge in [0.15, 0.2) is 0 Å². The molecule has 0 saturated carbocycles.